The first-order valence-electron chi connectivity index (χ1n) is 12.5. The molecular weight excluding hydrogens is 514 g/mol. The van der Waals surface area contributed by atoms with E-state index in [1.54, 1.807) is 18.2 Å². The summed E-state index contributed by atoms with van der Waals surface area (Å²) >= 11 is 6.30. The van der Waals surface area contributed by atoms with Crippen molar-refractivity contribution in [1.82, 2.24) is 10.2 Å². The third kappa shape index (κ3) is 5.63. The Morgan fingerprint density at radius 1 is 0.949 bits per heavy atom. The minimum absolute atomic E-state index is 0.0562. The Bertz CT molecular complexity index is 1610. The SMILES string of the molecule is CCc1ccccc1NC(=O)CN1C(=O)N/C(=C/c2c(OCc3ccccc3Cl)ccc3ccccc23)C1=O. The van der Waals surface area contributed by atoms with Gasteiger partial charge in [0.25, 0.3) is 5.91 Å². The molecule has 0 radical (unpaired) electrons. The Labute approximate surface area is 231 Å². The quantitative estimate of drug-likeness (QED) is 0.207. The predicted molar refractivity (Wildman–Crippen MR) is 152 cm³/mol. The van der Waals surface area contributed by atoms with E-state index < -0.39 is 24.4 Å². The molecule has 4 aromatic rings. The van der Waals surface area contributed by atoms with Crippen molar-refractivity contribution in [2.24, 2.45) is 0 Å². The van der Waals surface area contributed by atoms with E-state index in [1.807, 2.05) is 79.7 Å². The number of carbonyl (C=O) groups excluding carboxylic acids is 3. The lowest BCUT2D eigenvalue weighted by Gasteiger charge is -2.14. The van der Waals surface area contributed by atoms with E-state index in [1.165, 1.54) is 0 Å². The van der Waals surface area contributed by atoms with Crippen LogP contribution in [0.2, 0.25) is 5.02 Å². The Hall–Kier alpha value is -4.62. The van der Waals surface area contributed by atoms with Crippen molar-refractivity contribution in [2.75, 3.05) is 11.9 Å². The zero-order valence-corrected chi connectivity index (χ0v) is 22.0. The largest absolute Gasteiger partial charge is 0.488 e. The van der Waals surface area contributed by atoms with Crippen LogP contribution in [0.15, 0.2) is 90.6 Å². The van der Waals surface area contributed by atoms with Gasteiger partial charge in [-0.15, -0.1) is 0 Å². The number of hydrogen-bond donors (Lipinski definition) is 2. The molecule has 4 aromatic carbocycles. The van der Waals surface area contributed by atoms with Crippen molar-refractivity contribution >= 4 is 52.0 Å². The van der Waals surface area contributed by atoms with Crippen LogP contribution in [0.1, 0.15) is 23.6 Å². The highest BCUT2D eigenvalue weighted by molar-refractivity contribution is 6.31. The molecule has 0 unspecified atom stereocenters. The van der Waals surface area contributed by atoms with Gasteiger partial charge < -0.3 is 15.4 Å². The van der Waals surface area contributed by atoms with Gasteiger partial charge in [-0.3, -0.25) is 9.59 Å². The molecule has 5 rings (SSSR count). The van der Waals surface area contributed by atoms with Gasteiger partial charge in [-0.2, -0.15) is 0 Å². The van der Waals surface area contributed by atoms with Gasteiger partial charge in [0.2, 0.25) is 5.91 Å². The van der Waals surface area contributed by atoms with Crippen molar-refractivity contribution in [1.29, 1.82) is 0 Å². The Kier molecular flexibility index (Phi) is 7.61. The Morgan fingerprint density at radius 2 is 1.67 bits per heavy atom. The summed E-state index contributed by atoms with van der Waals surface area (Å²) in [5.74, 6) is -0.533. The molecule has 1 aliphatic rings. The van der Waals surface area contributed by atoms with Crippen molar-refractivity contribution in [3.63, 3.8) is 0 Å². The molecule has 1 heterocycles. The third-order valence-corrected chi connectivity index (χ3v) is 6.87. The van der Waals surface area contributed by atoms with Gasteiger partial charge in [-0.1, -0.05) is 85.3 Å². The second-order valence-electron chi connectivity index (χ2n) is 9.02. The summed E-state index contributed by atoms with van der Waals surface area (Å²) in [4.78, 5) is 39.6. The second kappa shape index (κ2) is 11.4. The number of nitrogens with zero attached hydrogens (tertiary/aromatic N) is 1. The molecular formula is C31H26ClN3O4. The normalized spacial score (nSPS) is 14.1. The summed E-state index contributed by atoms with van der Waals surface area (Å²) in [6, 6.07) is 25.6. The number of carbonyl (C=O) groups is 3. The molecule has 1 aliphatic heterocycles. The maximum absolute atomic E-state index is 13.2. The first-order valence-corrected chi connectivity index (χ1v) is 12.9. The van der Waals surface area contributed by atoms with Gasteiger partial charge in [0.15, 0.2) is 0 Å². The van der Waals surface area contributed by atoms with Crippen LogP contribution in [-0.2, 0) is 22.6 Å². The molecule has 1 saturated heterocycles. The monoisotopic (exact) mass is 539 g/mol. The third-order valence-electron chi connectivity index (χ3n) is 6.50. The lowest BCUT2D eigenvalue weighted by atomic mass is 10.0. The van der Waals surface area contributed by atoms with Crippen molar-refractivity contribution < 1.29 is 19.1 Å². The summed E-state index contributed by atoms with van der Waals surface area (Å²) in [5.41, 5.74) is 3.12. The molecule has 1 fully saturated rings. The molecule has 0 saturated carbocycles. The van der Waals surface area contributed by atoms with Crippen LogP contribution in [0.25, 0.3) is 16.8 Å². The van der Waals surface area contributed by atoms with Gasteiger partial charge in [0, 0.05) is 21.8 Å². The fourth-order valence-corrected chi connectivity index (χ4v) is 4.66. The smallest absolute Gasteiger partial charge is 0.329 e. The van der Waals surface area contributed by atoms with E-state index in [0.29, 0.717) is 22.0 Å². The summed E-state index contributed by atoms with van der Waals surface area (Å²) in [5, 5.41) is 7.79. The van der Waals surface area contributed by atoms with Crippen LogP contribution in [0.4, 0.5) is 10.5 Å². The number of aryl methyl sites for hydroxylation is 1. The van der Waals surface area contributed by atoms with E-state index in [-0.39, 0.29) is 12.3 Å². The molecule has 7 nitrogen and oxygen atoms in total. The predicted octanol–water partition coefficient (Wildman–Crippen LogP) is 6.17. The van der Waals surface area contributed by atoms with Gasteiger partial charge >= 0.3 is 6.03 Å². The van der Waals surface area contributed by atoms with Crippen LogP contribution >= 0.6 is 11.6 Å². The topological polar surface area (TPSA) is 87.7 Å². The summed E-state index contributed by atoms with van der Waals surface area (Å²) in [6.07, 6.45) is 2.33. The van der Waals surface area contributed by atoms with Crippen molar-refractivity contribution in [3.05, 3.63) is 112 Å². The highest BCUT2D eigenvalue weighted by atomic mass is 35.5. The van der Waals surface area contributed by atoms with E-state index in [9.17, 15) is 14.4 Å². The first kappa shape index (κ1) is 26.0. The number of halogens is 1. The van der Waals surface area contributed by atoms with Crippen molar-refractivity contribution in [2.45, 2.75) is 20.0 Å². The Balaban J connectivity index is 1.40. The molecule has 0 aliphatic carbocycles. The number of hydrogen-bond acceptors (Lipinski definition) is 4. The molecule has 0 bridgehead atoms. The van der Waals surface area contributed by atoms with E-state index in [2.05, 4.69) is 10.6 Å². The average molecular weight is 540 g/mol. The minimum atomic E-state index is -0.663. The molecule has 196 valence electrons. The number of benzene rings is 4. The van der Waals surface area contributed by atoms with Gasteiger partial charge in [0.1, 0.15) is 24.6 Å². The lowest BCUT2D eigenvalue weighted by Crippen LogP contribution is -2.38. The zero-order valence-electron chi connectivity index (χ0n) is 21.2. The molecule has 4 amide bonds. The molecule has 8 heteroatoms. The van der Waals surface area contributed by atoms with Gasteiger partial charge in [-0.05, 0) is 47.0 Å². The summed E-state index contributed by atoms with van der Waals surface area (Å²) in [7, 11) is 0. The minimum Gasteiger partial charge on any atom is -0.488 e. The number of urea groups is 1. The fourth-order valence-electron chi connectivity index (χ4n) is 4.46. The van der Waals surface area contributed by atoms with Crippen LogP contribution in [0.5, 0.6) is 5.75 Å². The highest BCUT2D eigenvalue weighted by Crippen LogP contribution is 2.32. The molecule has 2 N–H and O–H groups in total. The molecule has 0 spiro atoms. The van der Waals surface area contributed by atoms with Crippen LogP contribution < -0.4 is 15.4 Å². The van der Waals surface area contributed by atoms with Gasteiger partial charge in [0.05, 0.1) is 0 Å². The molecule has 0 aromatic heterocycles. The number of imide groups is 1. The number of rotatable bonds is 8. The number of para-hydroxylation sites is 1. The number of amides is 4. The first-order chi connectivity index (χ1) is 18.9. The number of anilines is 1. The maximum Gasteiger partial charge on any atom is 0.329 e. The standard InChI is InChI=1S/C31H26ClN3O4/c1-2-20-9-5-8-14-26(20)33-29(36)18-35-30(37)27(34-31(35)38)17-24-23-12-6-3-10-21(23)15-16-28(24)39-19-22-11-4-7-13-25(22)32/h3-17H,2,18-19H2,1H3,(H,33,36)(H,34,38)/b27-17+. The maximum atomic E-state index is 13.2. The zero-order chi connectivity index (χ0) is 27.4. The number of nitrogens with one attached hydrogen (secondary N) is 2. The Morgan fingerprint density at radius 3 is 2.46 bits per heavy atom. The fraction of sp³-hybridized carbons (Fsp3) is 0.129. The van der Waals surface area contributed by atoms with E-state index in [0.717, 1.165) is 33.2 Å². The molecule has 0 atom stereocenters. The van der Waals surface area contributed by atoms with E-state index >= 15 is 0 Å². The number of fused-ring (bicyclic) bond motifs is 1. The summed E-state index contributed by atoms with van der Waals surface area (Å²) < 4.78 is 6.13. The highest BCUT2D eigenvalue weighted by Gasteiger charge is 2.35. The average Bonchev–Trinajstić information content (AvgIpc) is 3.20. The van der Waals surface area contributed by atoms with Gasteiger partial charge in [-0.25, -0.2) is 9.69 Å². The molecule has 39 heavy (non-hydrogen) atoms. The summed E-state index contributed by atoms with van der Waals surface area (Å²) in [6.45, 7) is 1.80. The van der Waals surface area contributed by atoms with Crippen LogP contribution in [0, 0.1) is 0 Å². The van der Waals surface area contributed by atoms with Crippen LogP contribution in [0.3, 0.4) is 0 Å². The van der Waals surface area contributed by atoms with Crippen molar-refractivity contribution in [3.8, 4) is 5.75 Å². The number of ether oxygens (including phenoxy) is 1. The lowest BCUT2D eigenvalue weighted by molar-refractivity contribution is -0.127. The second-order valence-corrected chi connectivity index (χ2v) is 9.42. The van der Waals surface area contributed by atoms with E-state index in [4.69, 9.17) is 16.3 Å². The van der Waals surface area contributed by atoms with Crippen LogP contribution in [-0.4, -0.2) is 29.3 Å².